The Bertz CT molecular complexity index is 499. The SMILES string of the molecule is CNc1cncc(NCc2ccc(OC)nc2)c1. The van der Waals surface area contributed by atoms with Crippen LogP contribution in [0.3, 0.4) is 0 Å². The summed E-state index contributed by atoms with van der Waals surface area (Å²) in [7, 11) is 3.48. The number of aromatic nitrogens is 2. The van der Waals surface area contributed by atoms with Crippen molar-refractivity contribution in [2.24, 2.45) is 0 Å². The predicted octanol–water partition coefficient (Wildman–Crippen LogP) is 2.14. The van der Waals surface area contributed by atoms with Gasteiger partial charge in [-0.1, -0.05) is 6.07 Å². The lowest BCUT2D eigenvalue weighted by Crippen LogP contribution is -2.01. The Balaban J connectivity index is 1.97. The minimum Gasteiger partial charge on any atom is -0.481 e. The molecule has 0 aromatic carbocycles. The van der Waals surface area contributed by atoms with Gasteiger partial charge in [-0.25, -0.2) is 4.98 Å². The largest absolute Gasteiger partial charge is 0.481 e. The van der Waals surface area contributed by atoms with Gasteiger partial charge in [-0.3, -0.25) is 4.98 Å². The van der Waals surface area contributed by atoms with Crippen LogP contribution in [-0.4, -0.2) is 24.1 Å². The lowest BCUT2D eigenvalue weighted by atomic mass is 10.2. The van der Waals surface area contributed by atoms with Gasteiger partial charge in [0.2, 0.25) is 5.88 Å². The molecule has 0 bridgehead atoms. The fourth-order valence-electron chi connectivity index (χ4n) is 1.51. The molecule has 0 atom stereocenters. The molecule has 5 heteroatoms. The Morgan fingerprint density at radius 1 is 1.17 bits per heavy atom. The molecule has 2 aromatic heterocycles. The fraction of sp³-hybridized carbons (Fsp3) is 0.231. The molecule has 0 aliphatic rings. The third-order valence-corrected chi connectivity index (χ3v) is 2.53. The van der Waals surface area contributed by atoms with E-state index in [1.165, 1.54) is 0 Å². The highest BCUT2D eigenvalue weighted by atomic mass is 16.5. The summed E-state index contributed by atoms with van der Waals surface area (Å²) in [6.07, 6.45) is 5.36. The molecule has 0 saturated carbocycles. The van der Waals surface area contributed by atoms with Crippen molar-refractivity contribution in [3.05, 3.63) is 42.4 Å². The second kappa shape index (κ2) is 5.86. The van der Waals surface area contributed by atoms with Crippen LogP contribution in [-0.2, 0) is 6.54 Å². The van der Waals surface area contributed by atoms with E-state index >= 15 is 0 Å². The van der Waals surface area contributed by atoms with Crippen molar-refractivity contribution < 1.29 is 4.74 Å². The molecule has 2 heterocycles. The molecule has 0 aliphatic heterocycles. The standard InChI is InChI=1S/C13H16N4O/c1-14-11-5-12(9-15-8-11)16-6-10-3-4-13(18-2)17-7-10/h3-5,7-9,14,16H,6H2,1-2H3. The Morgan fingerprint density at radius 2 is 2.00 bits per heavy atom. The molecule has 0 aliphatic carbocycles. The van der Waals surface area contributed by atoms with E-state index in [1.807, 2.05) is 25.2 Å². The van der Waals surface area contributed by atoms with E-state index in [9.17, 15) is 0 Å². The monoisotopic (exact) mass is 244 g/mol. The first-order valence-corrected chi connectivity index (χ1v) is 5.67. The summed E-state index contributed by atoms with van der Waals surface area (Å²) in [4.78, 5) is 8.29. The van der Waals surface area contributed by atoms with E-state index in [0.29, 0.717) is 12.4 Å². The quantitative estimate of drug-likeness (QED) is 0.843. The summed E-state index contributed by atoms with van der Waals surface area (Å²) in [6.45, 7) is 0.700. The Hall–Kier alpha value is -2.30. The molecule has 2 rings (SSSR count). The van der Waals surface area contributed by atoms with Gasteiger partial charge in [0.05, 0.1) is 30.9 Å². The fourth-order valence-corrected chi connectivity index (χ4v) is 1.51. The molecule has 18 heavy (non-hydrogen) atoms. The predicted molar refractivity (Wildman–Crippen MR) is 71.9 cm³/mol. The first-order valence-electron chi connectivity index (χ1n) is 5.67. The van der Waals surface area contributed by atoms with Crippen molar-refractivity contribution in [1.82, 2.24) is 9.97 Å². The molecule has 0 saturated heterocycles. The summed E-state index contributed by atoms with van der Waals surface area (Å²) in [5.41, 5.74) is 3.04. The molecule has 2 aromatic rings. The van der Waals surface area contributed by atoms with Crippen LogP contribution in [0.1, 0.15) is 5.56 Å². The van der Waals surface area contributed by atoms with Crippen molar-refractivity contribution in [3.8, 4) is 5.88 Å². The normalized spacial score (nSPS) is 9.89. The number of pyridine rings is 2. The summed E-state index contributed by atoms with van der Waals surface area (Å²) < 4.78 is 5.01. The summed E-state index contributed by atoms with van der Waals surface area (Å²) in [5, 5.41) is 6.34. The van der Waals surface area contributed by atoms with Gasteiger partial charge in [0.1, 0.15) is 0 Å². The molecule has 0 unspecified atom stereocenters. The average Bonchev–Trinajstić information content (AvgIpc) is 2.46. The average molecular weight is 244 g/mol. The molecular weight excluding hydrogens is 228 g/mol. The van der Waals surface area contributed by atoms with Crippen LogP contribution >= 0.6 is 0 Å². The molecule has 0 fully saturated rings. The lowest BCUT2D eigenvalue weighted by molar-refractivity contribution is 0.397. The van der Waals surface area contributed by atoms with Gasteiger partial charge in [0, 0.05) is 25.9 Å². The number of rotatable bonds is 5. The van der Waals surface area contributed by atoms with Gasteiger partial charge in [0.25, 0.3) is 0 Å². The molecular formula is C13H16N4O. The topological polar surface area (TPSA) is 59.1 Å². The summed E-state index contributed by atoms with van der Waals surface area (Å²) in [6, 6.07) is 5.83. The number of nitrogens with zero attached hydrogens (tertiary/aromatic N) is 2. The maximum Gasteiger partial charge on any atom is 0.212 e. The number of ether oxygens (including phenoxy) is 1. The van der Waals surface area contributed by atoms with Crippen LogP contribution in [0.25, 0.3) is 0 Å². The highest BCUT2D eigenvalue weighted by Gasteiger charge is 1.97. The number of hydrogen-bond donors (Lipinski definition) is 2. The van der Waals surface area contributed by atoms with Crippen molar-refractivity contribution in [3.63, 3.8) is 0 Å². The van der Waals surface area contributed by atoms with Crippen LogP contribution in [0.4, 0.5) is 11.4 Å². The van der Waals surface area contributed by atoms with Gasteiger partial charge >= 0.3 is 0 Å². The first kappa shape index (κ1) is 12.2. The van der Waals surface area contributed by atoms with E-state index < -0.39 is 0 Å². The smallest absolute Gasteiger partial charge is 0.212 e. The second-order valence-electron chi connectivity index (χ2n) is 3.77. The molecule has 0 spiro atoms. The van der Waals surface area contributed by atoms with Crippen LogP contribution in [0.2, 0.25) is 0 Å². The molecule has 0 amide bonds. The van der Waals surface area contributed by atoms with Gasteiger partial charge < -0.3 is 15.4 Å². The van der Waals surface area contributed by atoms with Crippen molar-refractivity contribution in [2.75, 3.05) is 24.8 Å². The Kier molecular flexibility index (Phi) is 3.96. The highest BCUT2D eigenvalue weighted by Crippen LogP contribution is 2.14. The zero-order valence-corrected chi connectivity index (χ0v) is 10.5. The number of nitrogens with one attached hydrogen (secondary N) is 2. The van der Waals surface area contributed by atoms with Crippen LogP contribution < -0.4 is 15.4 Å². The Morgan fingerprint density at radius 3 is 2.67 bits per heavy atom. The van der Waals surface area contributed by atoms with E-state index in [4.69, 9.17) is 4.74 Å². The minimum absolute atomic E-state index is 0.623. The third kappa shape index (κ3) is 3.10. The van der Waals surface area contributed by atoms with Crippen molar-refractivity contribution >= 4 is 11.4 Å². The van der Waals surface area contributed by atoms with Crippen molar-refractivity contribution in [1.29, 1.82) is 0 Å². The van der Waals surface area contributed by atoms with E-state index in [1.54, 1.807) is 25.7 Å². The number of anilines is 2. The maximum absolute atomic E-state index is 5.01. The van der Waals surface area contributed by atoms with Crippen molar-refractivity contribution in [2.45, 2.75) is 6.54 Å². The molecule has 0 radical (unpaired) electrons. The Labute approximate surface area is 106 Å². The van der Waals surface area contributed by atoms with E-state index in [2.05, 4.69) is 20.6 Å². The van der Waals surface area contributed by atoms with Crippen LogP contribution in [0, 0.1) is 0 Å². The van der Waals surface area contributed by atoms with Gasteiger partial charge in [0.15, 0.2) is 0 Å². The van der Waals surface area contributed by atoms with Gasteiger partial charge in [-0.05, 0) is 11.6 Å². The molecule has 5 nitrogen and oxygen atoms in total. The first-order chi connectivity index (χ1) is 8.81. The highest BCUT2D eigenvalue weighted by molar-refractivity contribution is 5.53. The minimum atomic E-state index is 0.623. The van der Waals surface area contributed by atoms with Crippen LogP contribution in [0.5, 0.6) is 5.88 Å². The van der Waals surface area contributed by atoms with Gasteiger partial charge in [-0.15, -0.1) is 0 Å². The maximum atomic E-state index is 5.01. The second-order valence-corrected chi connectivity index (χ2v) is 3.77. The van der Waals surface area contributed by atoms with Crippen LogP contribution in [0.15, 0.2) is 36.8 Å². The van der Waals surface area contributed by atoms with E-state index in [-0.39, 0.29) is 0 Å². The zero-order chi connectivity index (χ0) is 12.8. The lowest BCUT2D eigenvalue weighted by Gasteiger charge is -2.08. The number of hydrogen-bond acceptors (Lipinski definition) is 5. The summed E-state index contributed by atoms with van der Waals surface area (Å²) >= 11 is 0. The molecule has 2 N–H and O–H groups in total. The number of methoxy groups -OCH3 is 1. The summed E-state index contributed by atoms with van der Waals surface area (Å²) in [5.74, 6) is 0.623. The van der Waals surface area contributed by atoms with Gasteiger partial charge in [-0.2, -0.15) is 0 Å². The van der Waals surface area contributed by atoms with E-state index in [0.717, 1.165) is 16.9 Å². The third-order valence-electron chi connectivity index (χ3n) is 2.53. The molecule has 94 valence electrons. The zero-order valence-electron chi connectivity index (χ0n) is 10.5.